The standard InChI is InChI=1S/C19H26N2O6/c1-3-26-16(23)12-14(19(25)27-4-2)17(18(20)24)21-15(22)11-10-13-8-6-5-7-9-13/h5-9,14,17H,3-4,10-12H2,1-2H3,(H2,20,24)(H,21,22)/t14-,17+/m1/s1. The second-order valence-corrected chi connectivity index (χ2v) is 5.80. The zero-order valence-electron chi connectivity index (χ0n) is 15.6. The summed E-state index contributed by atoms with van der Waals surface area (Å²) in [5.74, 6) is -4.11. The van der Waals surface area contributed by atoms with E-state index in [4.69, 9.17) is 15.2 Å². The van der Waals surface area contributed by atoms with Crippen molar-refractivity contribution < 1.29 is 28.7 Å². The summed E-state index contributed by atoms with van der Waals surface area (Å²) in [4.78, 5) is 48.1. The van der Waals surface area contributed by atoms with Gasteiger partial charge in [0.25, 0.3) is 0 Å². The highest BCUT2D eigenvalue weighted by Gasteiger charge is 2.37. The molecule has 0 saturated carbocycles. The predicted molar refractivity (Wildman–Crippen MR) is 97.3 cm³/mol. The molecule has 0 aromatic heterocycles. The number of primary amides is 1. The topological polar surface area (TPSA) is 125 Å². The normalized spacial score (nSPS) is 12.5. The van der Waals surface area contributed by atoms with Crippen LogP contribution in [0.5, 0.6) is 0 Å². The van der Waals surface area contributed by atoms with Gasteiger partial charge in [-0.3, -0.25) is 19.2 Å². The average molecular weight is 378 g/mol. The van der Waals surface area contributed by atoms with E-state index >= 15 is 0 Å². The van der Waals surface area contributed by atoms with Gasteiger partial charge in [-0.2, -0.15) is 0 Å². The Kier molecular flexibility index (Phi) is 9.57. The van der Waals surface area contributed by atoms with E-state index in [1.807, 2.05) is 30.3 Å². The first kappa shape index (κ1) is 22.1. The maximum absolute atomic E-state index is 12.2. The third kappa shape index (κ3) is 7.89. The molecule has 3 N–H and O–H groups in total. The van der Waals surface area contributed by atoms with Crippen molar-refractivity contribution in [2.75, 3.05) is 13.2 Å². The van der Waals surface area contributed by atoms with Gasteiger partial charge < -0.3 is 20.5 Å². The van der Waals surface area contributed by atoms with E-state index in [1.54, 1.807) is 13.8 Å². The van der Waals surface area contributed by atoms with E-state index in [2.05, 4.69) is 5.32 Å². The van der Waals surface area contributed by atoms with Gasteiger partial charge in [0.15, 0.2) is 0 Å². The summed E-state index contributed by atoms with van der Waals surface area (Å²) in [5, 5.41) is 2.45. The third-order valence-electron chi connectivity index (χ3n) is 3.79. The summed E-state index contributed by atoms with van der Waals surface area (Å²) < 4.78 is 9.75. The maximum Gasteiger partial charge on any atom is 0.312 e. The van der Waals surface area contributed by atoms with Crippen LogP contribution < -0.4 is 11.1 Å². The first-order valence-electron chi connectivity index (χ1n) is 8.83. The number of esters is 2. The lowest BCUT2D eigenvalue weighted by molar-refractivity contribution is -0.157. The van der Waals surface area contributed by atoms with Crippen LogP contribution >= 0.6 is 0 Å². The molecule has 0 spiro atoms. The molecule has 0 aliphatic carbocycles. The Labute approximate surface area is 158 Å². The minimum Gasteiger partial charge on any atom is -0.466 e. The van der Waals surface area contributed by atoms with E-state index in [1.165, 1.54) is 0 Å². The number of aryl methyl sites for hydroxylation is 1. The van der Waals surface area contributed by atoms with Crippen molar-refractivity contribution in [1.29, 1.82) is 0 Å². The van der Waals surface area contributed by atoms with E-state index < -0.39 is 42.1 Å². The van der Waals surface area contributed by atoms with E-state index in [0.29, 0.717) is 6.42 Å². The van der Waals surface area contributed by atoms with Crippen LogP contribution in [0.3, 0.4) is 0 Å². The minimum atomic E-state index is -1.36. The number of ether oxygens (including phenoxy) is 2. The van der Waals surface area contributed by atoms with Gasteiger partial charge in [-0.1, -0.05) is 30.3 Å². The molecule has 0 aliphatic heterocycles. The van der Waals surface area contributed by atoms with Crippen LogP contribution in [-0.4, -0.2) is 43.0 Å². The Morgan fingerprint density at radius 3 is 2.22 bits per heavy atom. The van der Waals surface area contributed by atoms with Gasteiger partial charge >= 0.3 is 11.9 Å². The van der Waals surface area contributed by atoms with Gasteiger partial charge in [0.05, 0.1) is 25.6 Å². The predicted octanol–water partition coefficient (Wildman–Crippen LogP) is 0.722. The molecule has 0 aliphatic rings. The van der Waals surface area contributed by atoms with Gasteiger partial charge in [0, 0.05) is 6.42 Å². The molecular formula is C19H26N2O6. The Bertz CT molecular complexity index is 647. The first-order chi connectivity index (χ1) is 12.9. The molecule has 27 heavy (non-hydrogen) atoms. The smallest absolute Gasteiger partial charge is 0.312 e. The molecule has 8 nitrogen and oxygen atoms in total. The monoisotopic (exact) mass is 378 g/mol. The quantitative estimate of drug-likeness (QED) is 0.547. The number of hydrogen-bond donors (Lipinski definition) is 2. The van der Waals surface area contributed by atoms with E-state index in [0.717, 1.165) is 5.56 Å². The molecule has 8 heteroatoms. The van der Waals surface area contributed by atoms with Crippen molar-refractivity contribution in [3.05, 3.63) is 35.9 Å². The molecule has 0 saturated heterocycles. The average Bonchev–Trinajstić information content (AvgIpc) is 2.64. The number of rotatable bonds is 11. The van der Waals surface area contributed by atoms with Crippen molar-refractivity contribution in [3.8, 4) is 0 Å². The molecule has 148 valence electrons. The molecule has 2 amide bonds. The molecule has 0 radical (unpaired) electrons. The second-order valence-electron chi connectivity index (χ2n) is 5.80. The minimum absolute atomic E-state index is 0.0611. The number of carbonyl (C=O) groups excluding carboxylic acids is 4. The van der Waals surface area contributed by atoms with E-state index in [-0.39, 0.29) is 19.6 Å². The summed E-state index contributed by atoms with van der Waals surface area (Å²) in [6.07, 6.45) is 0.141. The fraction of sp³-hybridized carbons (Fsp3) is 0.474. The molecule has 0 unspecified atom stereocenters. The lowest BCUT2D eigenvalue weighted by Gasteiger charge is -2.23. The van der Waals surface area contributed by atoms with E-state index in [9.17, 15) is 19.2 Å². The van der Waals surface area contributed by atoms with Crippen LogP contribution in [0.2, 0.25) is 0 Å². The maximum atomic E-state index is 12.2. The van der Waals surface area contributed by atoms with Crippen LogP contribution in [0.15, 0.2) is 30.3 Å². The first-order valence-corrected chi connectivity index (χ1v) is 8.83. The van der Waals surface area contributed by atoms with Crippen molar-refractivity contribution in [1.82, 2.24) is 5.32 Å². The number of nitrogens with two attached hydrogens (primary N) is 1. The molecule has 2 atom stereocenters. The largest absolute Gasteiger partial charge is 0.466 e. The summed E-state index contributed by atoms with van der Waals surface area (Å²) in [6.45, 7) is 3.40. The van der Waals surface area contributed by atoms with Crippen molar-refractivity contribution in [2.45, 2.75) is 39.2 Å². The fourth-order valence-electron chi connectivity index (χ4n) is 2.50. The summed E-state index contributed by atoms with van der Waals surface area (Å²) in [5.41, 5.74) is 6.32. The van der Waals surface area contributed by atoms with Crippen LogP contribution in [0.4, 0.5) is 0 Å². The number of benzene rings is 1. The van der Waals surface area contributed by atoms with Gasteiger partial charge in [-0.05, 0) is 25.8 Å². The van der Waals surface area contributed by atoms with Crippen LogP contribution in [0, 0.1) is 5.92 Å². The molecule has 1 rings (SSSR count). The van der Waals surface area contributed by atoms with Gasteiger partial charge in [0.2, 0.25) is 11.8 Å². The third-order valence-corrected chi connectivity index (χ3v) is 3.79. The summed E-state index contributed by atoms with van der Waals surface area (Å²) in [6, 6.07) is 7.97. The van der Waals surface area contributed by atoms with Gasteiger partial charge in [0.1, 0.15) is 6.04 Å². The van der Waals surface area contributed by atoms with Crippen LogP contribution in [0.25, 0.3) is 0 Å². The van der Waals surface area contributed by atoms with Crippen LogP contribution in [-0.2, 0) is 35.1 Å². The Hall–Kier alpha value is -2.90. The fourth-order valence-corrected chi connectivity index (χ4v) is 2.50. The highest BCUT2D eigenvalue weighted by Crippen LogP contribution is 2.14. The number of amides is 2. The summed E-state index contributed by atoms with van der Waals surface area (Å²) >= 11 is 0. The number of hydrogen-bond acceptors (Lipinski definition) is 6. The Morgan fingerprint density at radius 2 is 1.67 bits per heavy atom. The lowest BCUT2D eigenvalue weighted by atomic mass is 9.95. The highest BCUT2D eigenvalue weighted by molar-refractivity contribution is 5.93. The van der Waals surface area contributed by atoms with Crippen LogP contribution in [0.1, 0.15) is 32.3 Å². The SMILES string of the molecule is CCOC(=O)C[C@@H](C(=O)OCC)[C@H](NC(=O)CCc1ccccc1)C(N)=O. The Morgan fingerprint density at radius 1 is 1.04 bits per heavy atom. The second kappa shape index (κ2) is 11.7. The zero-order chi connectivity index (χ0) is 20.2. The zero-order valence-corrected chi connectivity index (χ0v) is 15.6. The van der Waals surface area contributed by atoms with Gasteiger partial charge in [-0.15, -0.1) is 0 Å². The molecule has 1 aromatic rings. The highest BCUT2D eigenvalue weighted by atomic mass is 16.5. The summed E-state index contributed by atoms with van der Waals surface area (Å²) in [7, 11) is 0. The molecule has 1 aromatic carbocycles. The molecule has 0 fully saturated rings. The van der Waals surface area contributed by atoms with Gasteiger partial charge in [-0.25, -0.2) is 0 Å². The Balaban J connectivity index is 2.82. The van der Waals surface area contributed by atoms with Crippen molar-refractivity contribution in [2.24, 2.45) is 11.7 Å². The van der Waals surface area contributed by atoms with Crippen molar-refractivity contribution >= 4 is 23.8 Å². The number of carbonyl (C=O) groups is 4. The molecule has 0 bridgehead atoms. The van der Waals surface area contributed by atoms with Crippen molar-refractivity contribution in [3.63, 3.8) is 0 Å². The number of nitrogens with one attached hydrogen (secondary N) is 1. The molecular weight excluding hydrogens is 352 g/mol. The lowest BCUT2D eigenvalue weighted by Crippen LogP contribution is -2.52. The molecule has 0 heterocycles.